The summed E-state index contributed by atoms with van der Waals surface area (Å²) in [5, 5.41) is 0. The van der Waals surface area contributed by atoms with E-state index in [9.17, 15) is 4.79 Å². The van der Waals surface area contributed by atoms with Gasteiger partial charge in [-0.15, -0.1) is 0 Å². The Morgan fingerprint density at radius 2 is 1.88 bits per heavy atom. The summed E-state index contributed by atoms with van der Waals surface area (Å²) in [4.78, 5) is 19.1. The fourth-order valence-corrected chi connectivity index (χ4v) is 3.27. The predicted octanol–water partition coefficient (Wildman–Crippen LogP) is 0.921. The molecule has 1 amide bonds. The summed E-state index contributed by atoms with van der Waals surface area (Å²) in [5.41, 5.74) is 1.98. The zero-order valence-corrected chi connectivity index (χ0v) is 15.3. The van der Waals surface area contributed by atoms with Gasteiger partial charge in [-0.1, -0.05) is 12.1 Å². The van der Waals surface area contributed by atoms with Gasteiger partial charge >= 0.3 is 0 Å². The van der Waals surface area contributed by atoms with Crippen LogP contribution in [0, 0.1) is 0 Å². The van der Waals surface area contributed by atoms with E-state index in [2.05, 4.69) is 29.0 Å². The van der Waals surface area contributed by atoms with Crippen molar-refractivity contribution in [1.29, 1.82) is 0 Å². The van der Waals surface area contributed by atoms with E-state index in [4.69, 9.17) is 9.47 Å². The normalized spacial score (nSPS) is 22.7. The maximum absolute atomic E-state index is 12.6. The molecule has 0 aromatic heterocycles. The van der Waals surface area contributed by atoms with E-state index >= 15 is 0 Å². The van der Waals surface area contributed by atoms with Crippen molar-refractivity contribution in [3.8, 4) is 0 Å². The molecule has 0 spiro atoms. The SMILES string of the molecule is CN1CCN(Cc2ccc(C(=O)N(C)C[C@@H]3COCCO3)cc2)CC1. The number of hydrogen-bond donors (Lipinski definition) is 0. The minimum atomic E-state index is -0.0285. The smallest absolute Gasteiger partial charge is 0.253 e. The topological polar surface area (TPSA) is 45.2 Å². The van der Waals surface area contributed by atoms with E-state index in [0.717, 1.165) is 38.3 Å². The lowest BCUT2D eigenvalue weighted by molar-refractivity contribution is -0.0933. The maximum Gasteiger partial charge on any atom is 0.253 e. The molecule has 1 atom stereocenters. The Labute approximate surface area is 150 Å². The Kier molecular flexibility index (Phi) is 6.42. The Bertz CT molecular complexity index is 550. The summed E-state index contributed by atoms with van der Waals surface area (Å²) >= 11 is 0. The van der Waals surface area contributed by atoms with E-state index in [-0.39, 0.29) is 12.0 Å². The molecular formula is C19H29N3O3. The lowest BCUT2D eigenvalue weighted by atomic mass is 10.1. The number of ether oxygens (including phenoxy) is 2. The average molecular weight is 347 g/mol. The van der Waals surface area contributed by atoms with Gasteiger partial charge in [0.2, 0.25) is 0 Å². The Balaban J connectivity index is 1.51. The van der Waals surface area contributed by atoms with E-state index in [1.807, 2.05) is 19.2 Å². The second-order valence-corrected chi connectivity index (χ2v) is 7.03. The largest absolute Gasteiger partial charge is 0.376 e. The lowest BCUT2D eigenvalue weighted by Crippen LogP contribution is -2.43. The average Bonchev–Trinajstić information content (AvgIpc) is 2.64. The van der Waals surface area contributed by atoms with Crippen molar-refractivity contribution in [1.82, 2.24) is 14.7 Å². The molecule has 25 heavy (non-hydrogen) atoms. The van der Waals surface area contributed by atoms with Crippen LogP contribution in [0.4, 0.5) is 0 Å². The number of rotatable bonds is 5. The highest BCUT2D eigenvalue weighted by Gasteiger charge is 2.20. The first-order valence-corrected chi connectivity index (χ1v) is 9.06. The molecule has 0 unspecified atom stereocenters. The third-order valence-corrected chi connectivity index (χ3v) is 4.91. The molecule has 2 saturated heterocycles. The number of piperazine rings is 1. The Morgan fingerprint density at radius 3 is 2.52 bits per heavy atom. The molecule has 1 aromatic rings. The van der Waals surface area contributed by atoms with Gasteiger partial charge in [0.1, 0.15) is 0 Å². The third-order valence-electron chi connectivity index (χ3n) is 4.91. The number of hydrogen-bond acceptors (Lipinski definition) is 5. The number of carbonyl (C=O) groups is 1. The minimum Gasteiger partial charge on any atom is -0.376 e. The molecule has 138 valence electrons. The van der Waals surface area contributed by atoms with Crippen LogP contribution in [0.25, 0.3) is 0 Å². The van der Waals surface area contributed by atoms with Crippen molar-refractivity contribution in [2.75, 3.05) is 66.6 Å². The monoisotopic (exact) mass is 347 g/mol. The van der Waals surface area contributed by atoms with Crippen molar-refractivity contribution in [2.24, 2.45) is 0 Å². The van der Waals surface area contributed by atoms with Crippen LogP contribution in [0.3, 0.4) is 0 Å². The summed E-state index contributed by atoms with van der Waals surface area (Å²) in [6.07, 6.45) is -0.0285. The molecule has 0 radical (unpaired) electrons. The maximum atomic E-state index is 12.6. The Morgan fingerprint density at radius 1 is 1.16 bits per heavy atom. The second-order valence-electron chi connectivity index (χ2n) is 7.03. The van der Waals surface area contributed by atoms with Crippen LogP contribution in [0.2, 0.25) is 0 Å². The molecule has 0 bridgehead atoms. The van der Waals surface area contributed by atoms with Gasteiger partial charge in [0.25, 0.3) is 5.91 Å². The quantitative estimate of drug-likeness (QED) is 0.793. The predicted molar refractivity (Wildman–Crippen MR) is 96.7 cm³/mol. The van der Waals surface area contributed by atoms with Crippen molar-refractivity contribution in [3.05, 3.63) is 35.4 Å². The van der Waals surface area contributed by atoms with Crippen molar-refractivity contribution in [3.63, 3.8) is 0 Å². The van der Waals surface area contributed by atoms with Crippen LogP contribution in [0.15, 0.2) is 24.3 Å². The number of nitrogens with zero attached hydrogens (tertiary/aromatic N) is 3. The molecule has 2 heterocycles. The van der Waals surface area contributed by atoms with Gasteiger partial charge in [0, 0.05) is 51.9 Å². The molecule has 1 aromatic carbocycles. The zero-order valence-electron chi connectivity index (χ0n) is 15.3. The first kappa shape index (κ1) is 18.3. The molecule has 3 rings (SSSR count). The third kappa shape index (κ3) is 5.25. The van der Waals surface area contributed by atoms with Crippen molar-refractivity contribution >= 4 is 5.91 Å². The first-order valence-electron chi connectivity index (χ1n) is 9.06. The molecule has 6 nitrogen and oxygen atoms in total. The van der Waals surface area contributed by atoms with E-state index in [0.29, 0.717) is 26.4 Å². The number of likely N-dealkylation sites (N-methyl/N-ethyl adjacent to an activating group) is 2. The molecular weight excluding hydrogens is 318 g/mol. The van der Waals surface area contributed by atoms with Gasteiger partial charge in [0.05, 0.1) is 25.9 Å². The van der Waals surface area contributed by atoms with Crippen molar-refractivity contribution in [2.45, 2.75) is 12.6 Å². The van der Waals surface area contributed by atoms with Crippen LogP contribution in [-0.2, 0) is 16.0 Å². The molecule has 0 N–H and O–H groups in total. The van der Waals surface area contributed by atoms with E-state index < -0.39 is 0 Å². The van der Waals surface area contributed by atoms with Crippen LogP contribution >= 0.6 is 0 Å². The molecule has 0 aliphatic carbocycles. The highest BCUT2D eigenvalue weighted by atomic mass is 16.6. The summed E-state index contributed by atoms with van der Waals surface area (Å²) in [7, 11) is 3.98. The van der Waals surface area contributed by atoms with Crippen LogP contribution < -0.4 is 0 Å². The zero-order chi connectivity index (χ0) is 17.6. The van der Waals surface area contributed by atoms with Gasteiger partial charge in [-0.05, 0) is 24.7 Å². The first-order chi connectivity index (χ1) is 12.1. The fraction of sp³-hybridized carbons (Fsp3) is 0.632. The summed E-state index contributed by atoms with van der Waals surface area (Å²) in [6, 6.07) is 8.00. The lowest BCUT2D eigenvalue weighted by Gasteiger charge is -2.32. The summed E-state index contributed by atoms with van der Waals surface area (Å²) < 4.78 is 11.0. The number of carbonyl (C=O) groups excluding carboxylic acids is 1. The summed E-state index contributed by atoms with van der Waals surface area (Å²) in [6.45, 7) is 7.75. The summed E-state index contributed by atoms with van der Waals surface area (Å²) in [5.74, 6) is 0.0281. The highest BCUT2D eigenvalue weighted by molar-refractivity contribution is 5.94. The van der Waals surface area contributed by atoms with Crippen LogP contribution in [0.5, 0.6) is 0 Å². The minimum absolute atomic E-state index is 0.0281. The van der Waals surface area contributed by atoms with Gasteiger partial charge in [-0.2, -0.15) is 0 Å². The van der Waals surface area contributed by atoms with Gasteiger partial charge < -0.3 is 19.3 Å². The van der Waals surface area contributed by atoms with E-state index in [1.165, 1.54) is 5.56 Å². The molecule has 2 aliphatic heterocycles. The highest BCUT2D eigenvalue weighted by Crippen LogP contribution is 2.12. The molecule has 2 fully saturated rings. The Hall–Kier alpha value is -1.47. The molecule has 6 heteroatoms. The molecule has 0 saturated carbocycles. The molecule has 2 aliphatic rings. The van der Waals surface area contributed by atoms with Crippen LogP contribution in [-0.4, -0.2) is 93.4 Å². The van der Waals surface area contributed by atoms with Crippen LogP contribution in [0.1, 0.15) is 15.9 Å². The van der Waals surface area contributed by atoms with Gasteiger partial charge in [-0.3, -0.25) is 9.69 Å². The fourth-order valence-electron chi connectivity index (χ4n) is 3.27. The van der Waals surface area contributed by atoms with Crippen molar-refractivity contribution < 1.29 is 14.3 Å². The standard InChI is InChI=1S/C19H29N3O3/c1-20-7-9-22(10-8-20)13-16-3-5-17(6-4-16)19(23)21(2)14-18-15-24-11-12-25-18/h3-6,18H,7-15H2,1-2H3/t18-/m1/s1. The van der Waals surface area contributed by atoms with E-state index in [1.54, 1.807) is 4.90 Å². The number of benzene rings is 1. The second kappa shape index (κ2) is 8.76. The van der Waals surface area contributed by atoms with Gasteiger partial charge in [0.15, 0.2) is 0 Å². The number of amides is 1. The van der Waals surface area contributed by atoms with Gasteiger partial charge in [-0.25, -0.2) is 0 Å².